The summed E-state index contributed by atoms with van der Waals surface area (Å²) in [6, 6.07) is 13.9. The third-order valence-electron chi connectivity index (χ3n) is 4.93. The van der Waals surface area contributed by atoms with Gasteiger partial charge in [0.25, 0.3) is 10.0 Å². The maximum atomic E-state index is 12.8. The first-order chi connectivity index (χ1) is 12.8. The lowest BCUT2D eigenvalue weighted by Crippen LogP contribution is -2.38. The molecule has 8 heteroatoms. The monoisotopic (exact) mass is 408 g/mol. The molecule has 0 aliphatic heterocycles. The second kappa shape index (κ2) is 8.00. The zero-order valence-corrected chi connectivity index (χ0v) is 16.8. The molecule has 0 saturated heterocycles. The van der Waals surface area contributed by atoms with E-state index in [0.29, 0.717) is 5.69 Å². The van der Waals surface area contributed by atoms with Crippen LogP contribution in [0.2, 0.25) is 0 Å². The van der Waals surface area contributed by atoms with Crippen LogP contribution >= 0.6 is 0 Å². The van der Waals surface area contributed by atoms with E-state index in [0.717, 1.165) is 32.1 Å². The van der Waals surface area contributed by atoms with Crippen molar-refractivity contribution in [3.8, 4) is 0 Å². The van der Waals surface area contributed by atoms with Crippen molar-refractivity contribution in [1.82, 2.24) is 4.31 Å². The van der Waals surface area contributed by atoms with Gasteiger partial charge >= 0.3 is 0 Å². The van der Waals surface area contributed by atoms with E-state index in [1.54, 1.807) is 25.2 Å². The van der Waals surface area contributed by atoms with Gasteiger partial charge in [-0.15, -0.1) is 0 Å². The maximum Gasteiger partial charge on any atom is 0.261 e. The Morgan fingerprint density at radius 1 is 0.815 bits per heavy atom. The van der Waals surface area contributed by atoms with Crippen molar-refractivity contribution in [1.29, 1.82) is 0 Å². The minimum Gasteiger partial charge on any atom is -0.280 e. The molecule has 0 unspecified atom stereocenters. The number of nitrogens with one attached hydrogen (secondary N) is 1. The fourth-order valence-corrected chi connectivity index (χ4v) is 5.81. The fraction of sp³-hybridized carbons (Fsp3) is 0.368. The van der Waals surface area contributed by atoms with Crippen molar-refractivity contribution in [2.45, 2.75) is 47.9 Å². The first-order valence-corrected chi connectivity index (χ1v) is 11.9. The van der Waals surface area contributed by atoms with Crippen LogP contribution in [-0.4, -0.2) is 34.2 Å². The number of sulfonamides is 2. The van der Waals surface area contributed by atoms with E-state index in [1.807, 2.05) is 0 Å². The highest BCUT2D eigenvalue weighted by atomic mass is 32.2. The quantitative estimate of drug-likeness (QED) is 0.794. The molecule has 1 N–H and O–H groups in total. The summed E-state index contributed by atoms with van der Waals surface area (Å²) in [5.74, 6) is 0. The third-order valence-corrected chi connectivity index (χ3v) is 8.25. The molecular formula is C19H24N2O4S2. The highest BCUT2D eigenvalue weighted by molar-refractivity contribution is 7.92. The van der Waals surface area contributed by atoms with Gasteiger partial charge < -0.3 is 0 Å². The molecule has 0 amide bonds. The van der Waals surface area contributed by atoms with E-state index in [4.69, 9.17) is 0 Å². The van der Waals surface area contributed by atoms with Gasteiger partial charge in [-0.3, -0.25) is 4.72 Å². The summed E-state index contributed by atoms with van der Waals surface area (Å²) in [6.07, 6.45) is 5.01. The van der Waals surface area contributed by atoms with E-state index in [1.165, 1.54) is 40.7 Å². The van der Waals surface area contributed by atoms with Crippen LogP contribution in [0.3, 0.4) is 0 Å². The van der Waals surface area contributed by atoms with E-state index in [-0.39, 0.29) is 15.8 Å². The molecule has 0 bridgehead atoms. The maximum absolute atomic E-state index is 12.8. The Kier molecular flexibility index (Phi) is 5.88. The van der Waals surface area contributed by atoms with Gasteiger partial charge in [-0.1, -0.05) is 37.5 Å². The average molecular weight is 409 g/mol. The number of rotatable bonds is 6. The van der Waals surface area contributed by atoms with Crippen molar-refractivity contribution in [3.63, 3.8) is 0 Å². The van der Waals surface area contributed by atoms with E-state index in [9.17, 15) is 16.8 Å². The number of benzene rings is 2. The Bertz CT molecular complexity index is 966. The smallest absolute Gasteiger partial charge is 0.261 e. The Morgan fingerprint density at radius 2 is 1.41 bits per heavy atom. The van der Waals surface area contributed by atoms with Crippen LogP contribution in [0.15, 0.2) is 64.4 Å². The minimum absolute atomic E-state index is 0.0278. The van der Waals surface area contributed by atoms with E-state index in [2.05, 4.69) is 4.72 Å². The van der Waals surface area contributed by atoms with Gasteiger partial charge in [0, 0.05) is 18.8 Å². The summed E-state index contributed by atoms with van der Waals surface area (Å²) in [5, 5.41) is 0. The zero-order valence-electron chi connectivity index (χ0n) is 15.2. The molecule has 6 nitrogen and oxygen atoms in total. The van der Waals surface area contributed by atoms with Crippen LogP contribution in [0.5, 0.6) is 0 Å². The predicted octanol–water partition coefficient (Wildman–Crippen LogP) is 3.44. The van der Waals surface area contributed by atoms with Crippen molar-refractivity contribution >= 4 is 25.7 Å². The summed E-state index contributed by atoms with van der Waals surface area (Å²) in [5.41, 5.74) is 0.318. The number of hydrogen-bond acceptors (Lipinski definition) is 4. The molecule has 1 fully saturated rings. The zero-order chi connectivity index (χ0) is 19.5. The van der Waals surface area contributed by atoms with E-state index < -0.39 is 20.0 Å². The molecule has 0 spiro atoms. The molecule has 1 saturated carbocycles. The Balaban J connectivity index is 1.76. The van der Waals surface area contributed by atoms with Gasteiger partial charge in [-0.25, -0.2) is 16.8 Å². The summed E-state index contributed by atoms with van der Waals surface area (Å²) in [4.78, 5) is 0.317. The van der Waals surface area contributed by atoms with Gasteiger partial charge in [0.15, 0.2) is 0 Å². The summed E-state index contributed by atoms with van der Waals surface area (Å²) in [6.45, 7) is 0. The lowest BCUT2D eigenvalue weighted by atomic mass is 9.96. The summed E-state index contributed by atoms with van der Waals surface area (Å²) < 4.78 is 54.3. The molecular weight excluding hydrogens is 384 g/mol. The summed E-state index contributed by atoms with van der Waals surface area (Å²) >= 11 is 0. The Hall–Kier alpha value is -1.90. The normalized spacial score (nSPS) is 16.4. The SMILES string of the molecule is CN(C1CCCCC1)S(=O)(=O)c1ccc(NS(=O)(=O)c2ccccc2)cc1. The van der Waals surface area contributed by atoms with Crippen LogP contribution in [0.25, 0.3) is 0 Å². The number of anilines is 1. The number of nitrogens with zero attached hydrogens (tertiary/aromatic N) is 1. The van der Waals surface area contributed by atoms with Crippen LogP contribution < -0.4 is 4.72 Å². The van der Waals surface area contributed by atoms with Crippen molar-refractivity contribution in [2.24, 2.45) is 0 Å². The molecule has 0 aromatic heterocycles. The van der Waals surface area contributed by atoms with Crippen LogP contribution in [0.4, 0.5) is 5.69 Å². The fourth-order valence-electron chi connectivity index (χ4n) is 3.32. The second-order valence-corrected chi connectivity index (χ2v) is 10.4. The lowest BCUT2D eigenvalue weighted by molar-refractivity contribution is 0.286. The van der Waals surface area contributed by atoms with Gasteiger partial charge in [-0.2, -0.15) is 4.31 Å². The molecule has 0 heterocycles. The predicted molar refractivity (Wildman–Crippen MR) is 106 cm³/mol. The molecule has 27 heavy (non-hydrogen) atoms. The topological polar surface area (TPSA) is 83.6 Å². The van der Waals surface area contributed by atoms with Crippen LogP contribution in [-0.2, 0) is 20.0 Å². The van der Waals surface area contributed by atoms with Crippen LogP contribution in [0.1, 0.15) is 32.1 Å². The Labute approximate surface area is 161 Å². The molecule has 146 valence electrons. The van der Waals surface area contributed by atoms with Crippen molar-refractivity contribution in [2.75, 3.05) is 11.8 Å². The standard InChI is InChI=1S/C19H24N2O4S2/c1-21(17-8-4-2-5-9-17)27(24,25)19-14-12-16(13-15-19)20-26(22,23)18-10-6-3-7-11-18/h3,6-7,10-15,17,20H,2,4-5,8-9H2,1H3. The molecule has 0 radical (unpaired) electrons. The van der Waals surface area contributed by atoms with Gasteiger partial charge in [0.05, 0.1) is 9.79 Å². The lowest BCUT2D eigenvalue weighted by Gasteiger charge is -2.30. The average Bonchev–Trinajstić information content (AvgIpc) is 2.69. The third kappa shape index (κ3) is 4.51. The first-order valence-electron chi connectivity index (χ1n) is 8.97. The largest absolute Gasteiger partial charge is 0.280 e. The second-order valence-electron chi connectivity index (χ2n) is 6.76. The van der Waals surface area contributed by atoms with E-state index >= 15 is 0 Å². The van der Waals surface area contributed by atoms with Gasteiger partial charge in [0.2, 0.25) is 10.0 Å². The molecule has 2 aromatic carbocycles. The Morgan fingerprint density at radius 3 is 2.00 bits per heavy atom. The van der Waals surface area contributed by atoms with Crippen LogP contribution in [0, 0.1) is 0 Å². The highest BCUT2D eigenvalue weighted by Crippen LogP contribution is 2.27. The van der Waals surface area contributed by atoms with Gasteiger partial charge in [0.1, 0.15) is 0 Å². The first kappa shape index (κ1) is 19.9. The van der Waals surface area contributed by atoms with Gasteiger partial charge in [-0.05, 0) is 49.2 Å². The minimum atomic E-state index is -3.70. The molecule has 1 aliphatic rings. The number of hydrogen-bond donors (Lipinski definition) is 1. The molecule has 3 rings (SSSR count). The highest BCUT2D eigenvalue weighted by Gasteiger charge is 2.29. The molecule has 0 atom stereocenters. The molecule has 1 aliphatic carbocycles. The molecule has 2 aromatic rings. The summed E-state index contributed by atoms with van der Waals surface area (Å²) in [7, 11) is -5.68. The van der Waals surface area contributed by atoms with Crippen molar-refractivity contribution < 1.29 is 16.8 Å². The van der Waals surface area contributed by atoms with Crippen molar-refractivity contribution in [3.05, 3.63) is 54.6 Å².